The normalized spacial score (nSPS) is 18.7. The summed E-state index contributed by atoms with van der Waals surface area (Å²) in [6.07, 6.45) is 2.90. The molecule has 0 aromatic heterocycles. The molecule has 0 spiro atoms. The van der Waals surface area contributed by atoms with Gasteiger partial charge in [0, 0.05) is 40.3 Å². The summed E-state index contributed by atoms with van der Waals surface area (Å²) >= 11 is 0. The van der Waals surface area contributed by atoms with E-state index in [1.54, 1.807) is 28.4 Å². The van der Waals surface area contributed by atoms with E-state index in [1.165, 1.54) is 5.56 Å². The maximum absolute atomic E-state index is 6.11. The highest BCUT2D eigenvalue weighted by Crippen LogP contribution is 2.37. The molecule has 0 saturated heterocycles. The second-order valence-corrected chi connectivity index (χ2v) is 7.28. The molecule has 0 saturated carbocycles. The number of benzene rings is 1. The zero-order valence-corrected chi connectivity index (χ0v) is 17.7. The van der Waals surface area contributed by atoms with Crippen LogP contribution in [0, 0.1) is 11.8 Å². The molecule has 4 nitrogen and oxygen atoms in total. The van der Waals surface area contributed by atoms with Crippen LogP contribution in [0.1, 0.15) is 39.2 Å². The topological polar surface area (TPSA) is 36.9 Å². The van der Waals surface area contributed by atoms with Gasteiger partial charge in [-0.25, -0.2) is 0 Å². The Labute approximate surface area is 160 Å². The molecule has 0 amide bonds. The molecule has 0 fully saturated rings. The lowest BCUT2D eigenvalue weighted by Gasteiger charge is -2.46. The van der Waals surface area contributed by atoms with Crippen molar-refractivity contribution in [2.45, 2.75) is 57.8 Å². The first-order valence-corrected chi connectivity index (χ1v) is 9.61. The van der Waals surface area contributed by atoms with Crippen molar-refractivity contribution < 1.29 is 18.9 Å². The Morgan fingerprint density at radius 3 is 2.12 bits per heavy atom. The van der Waals surface area contributed by atoms with Crippen LogP contribution in [0.4, 0.5) is 0 Å². The van der Waals surface area contributed by atoms with Crippen molar-refractivity contribution >= 4 is 0 Å². The molecule has 1 aromatic carbocycles. The molecule has 4 heteroatoms. The Hall–Kier alpha value is -0.940. The Balaban J connectivity index is 3.22. The lowest BCUT2D eigenvalue weighted by molar-refractivity contribution is -0.182. The standard InChI is InChI=1S/C22H38O4/c1-8-12-19(16-23-4)22(3,26-7)21(25-6)20(17(2)24-5)15-18-13-10-9-11-14-18/h9-11,13-14,17,19-21H,8,12,15-16H2,1-7H3. The molecule has 150 valence electrons. The van der Waals surface area contributed by atoms with Gasteiger partial charge in [0.15, 0.2) is 0 Å². The molecule has 26 heavy (non-hydrogen) atoms. The van der Waals surface area contributed by atoms with Crippen LogP contribution in [0.2, 0.25) is 0 Å². The summed E-state index contributed by atoms with van der Waals surface area (Å²) in [6.45, 7) is 7.11. The maximum Gasteiger partial charge on any atom is 0.0964 e. The number of hydrogen-bond donors (Lipinski definition) is 0. The zero-order valence-electron chi connectivity index (χ0n) is 17.7. The molecule has 0 aliphatic heterocycles. The molecule has 1 rings (SSSR count). The van der Waals surface area contributed by atoms with E-state index in [1.807, 2.05) is 6.07 Å². The van der Waals surface area contributed by atoms with Gasteiger partial charge < -0.3 is 18.9 Å². The summed E-state index contributed by atoms with van der Waals surface area (Å²) in [5.41, 5.74) is 0.813. The number of ether oxygens (including phenoxy) is 4. The highest BCUT2D eigenvalue weighted by atomic mass is 16.5. The second kappa shape index (κ2) is 11.7. The van der Waals surface area contributed by atoms with Gasteiger partial charge in [-0.1, -0.05) is 43.7 Å². The van der Waals surface area contributed by atoms with Crippen LogP contribution in [0.15, 0.2) is 30.3 Å². The van der Waals surface area contributed by atoms with Crippen LogP contribution in [-0.4, -0.2) is 52.9 Å². The molecule has 5 atom stereocenters. The summed E-state index contributed by atoms with van der Waals surface area (Å²) in [5, 5.41) is 0. The van der Waals surface area contributed by atoms with Gasteiger partial charge in [-0.2, -0.15) is 0 Å². The minimum Gasteiger partial charge on any atom is -0.384 e. The molecule has 1 aromatic rings. The third-order valence-electron chi connectivity index (χ3n) is 5.75. The summed E-state index contributed by atoms with van der Waals surface area (Å²) in [7, 11) is 7.07. The van der Waals surface area contributed by atoms with Crippen molar-refractivity contribution in [1.29, 1.82) is 0 Å². The van der Waals surface area contributed by atoms with Crippen LogP contribution in [0.3, 0.4) is 0 Å². The van der Waals surface area contributed by atoms with Gasteiger partial charge in [0.25, 0.3) is 0 Å². The van der Waals surface area contributed by atoms with Gasteiger partial charge in [0.2, 0.25) is 0 Å². The van der Waals surface area contributed by atoms with Gasteiger partial charge in [0.1, 0.15) is 0 Å². The highest BCUT2D eigenvalue weighted by Gasteiger charge is 2.47. The Morgan fingerprint density at radius 2 is 1.65 bits per heavy atom. The average molecular weight is 367 g/mol. The van der Waals surface area contributed by atoms with E-state index in [0.29, 0.717) is 6.61 Å². The highest BCUT2D eigenvalue weighted by molar-refractivity contribution is 5.16. The van der Waals surface area contributed by atoms with E-state index >= 15 is 0 Å². The van der Waals surface area contributed by atoms with E-state index in [2.05, 4.69) is 45.0 Å². The second-order valence-electron chi connectivity index (χ2n) is 7.28. The quantitative estimate of drug-likeness (QED) is 0.520. The summed E-state index contributed by atoms with van der Waals surface area (Å²) < 4.78 is 23.4. The fourth-order valence-corrected chi connectivity index (χ4v) is 4.01. The van der Waals surface area contributed by atoms with Crippen molar-refractivity contribution in [3.63, 3.8) is 0 Å². The Morgan fingerprint density at radius 1 is 1.00 bits per heavy atom. The van der Waals surface area contributed by atoms with E-state index in [4.69, 9.17) is 18.9 Å². The van der Waals surface area contributed by atoms with Gasteiger partial charge in [-0.3, -0.25) is 0 Å². The Kier molecular flexibility index (Phi) is 10.4. The van der Waals surface area contributed by atoms with Crippen molar-refractivity contribution in [1.82, 2.24) is 0 Å². The summed E-state index contributed by atoms with van der Waals surface area (Å²) in [4.78, 5) is 0. The van der Waals surface area contributed by atoms with Crippen LogP contribution < -0.4 is 0 Å². The maximum atomic E-state index is 6.11. The van der Waals surface area contributed by atoms with Gasteiger partial charge in [-0.15, -0.1) is 0 Å². The van der Waals surface area contributed by atoms with Crippen molar-refractivity contribution in [3.8, 4) is 0 Å². The smallest absolute Gasteiger partial charge is 0.0964 e. The molecule has 5 unspecified atom stereocenters. The summed E-state index contributed by atoms with van der Waals surface area (Å²) in [6, 6.07) is 10.5. The van der Waals surface area contributed by atoms with Crippen molar-refractivity contribution in [3.05, 3.63) is 35.9 Å². The first kappa shape index (κ1) is 23.1. The molecule has 0 bridgehead atoms. The van der Waals surface area contributed by atoms with Crippen LogP contribution in [-0.2, 0) is 25.4 Å². The SMILES string of the molecule is CCCC(COC)C(C)(OC)C(OC)C(Cc1ccccc1)C(C)OC. The van der Waals surface area contributed by atoms with E-state index in [0.717, 1.165) is 19.3 Å². The predicted octanol–water partition coefficient (Wildman–Crippen LogP) is 4.36. The third-order valence-corrected chi connectivity index (χ3v) is 5.75. The lowest BCUT2D eigenvalue weighted by atomic mass is 9.73. The van der Waals surface area contributed by atoms with Gasteiger partial charge in [0.05, 0.1) is 24.4 Å². The molecule has 0 N–H and O–H groups in total. The van der Waals surface area contributed by atoms with E-state index < -0.39 is 5.60 Å². The van der Waals surface area contributed by atoms with E-state index in [-0.39, 0.29) is 24.0 Å². The third kappa shape index (κ3) is 5.78. The van der Waals surface area contributed by atoms with Gasteiger partial charge >= 0.3 is 0 Å². The first-order chi connectivity index (χ1) is 12.5. The fourth-order valence-electron chi connectivity index (χ4n) is 4.01. The van der Waals surface area contributed by atoms with Crippen LogP contribution in [0.25, 0.3) is 0 Å². The molecule has 0 radical (unpaired) electrons. The number of methoxy groups -OCH3 is 4. The number of hydrogen-bond acceptors (Lipinski definition) is 4. The molecule has 0 aliphatic rings. The zero-order chi connectivity index (χ0) is 19.6. The van der Waals surface area contributed by atoms with Crippen LogP contribution in [0.5, 0.6) is 0 Å². The predicted molar refractivity (Wildman–Crippen MR) is 107 cm³/mol. The van der Waals surface area contributed by atoms with Crippen molar-refractivity contribution in [2.75, 3.05) is 35.0 Å². The minimum atomic E-state index is -0.465. The fraction of sp³-hybridized carbons (Fsp3) is 0.727. The lowest BCUT2D eigenvalue weighted by Crippen LogP contribution is -2.56. The van der Waals surface area contributed by atoms with Gasteiger partial charge in [-0.05, 0) is 32.3 Å². The van der Waals surface area contributed by atoms with Crippen LogP contribution >= 0.6 is 0 Å². The number of rotatable bonds is 13. The first-order valence-electron chi connectivity index (χ1n) is 9.61. The molecule has 0 heterocycles. The average Bonchev–Trinajstić information content (AvgIpc) is 2.67. The van der Waals surface area contributed by atoms with E-state index in [9.17, 15) is 0 Å². The van der Waals surface area contributed by atoms with Crippen molar-refractivity contribution in [2.24, 2.45) is 11.8 Å². The molecular formula is C22H38O4. The Bertz CT molecular complexity index is 472. The minimum absolute atomic E-state index is 0.0412. The largest absolute Gasteiger partial charge is 0.384 e. The molecule has 0 aliphatic carbocycles. The monoisotopic (exact) mass is 366 g/mol. The summed E-state index contributed by atoms with van der Waals surface area (Å²) in [5.74, 6) is 0.406. The molecular weight excluding hydrogens is 328 g/mol.